The Bertz CT molecular complexity index is 1010. The molecule has 0 aliphatic carbocycles. The summed E-state index contributed by atoms with van der Waals surface area (Å²) >= 11 is 0. The summed E-state index contributed by atoms with van der Waals surface area (Å²) in [5.41, 5.74) is 1.18. The van der Waals surface area contributed by atoms with Crippen LogP contribution in [0.25, 0.3) is 22.7 Å². The SMILES string of the molecule is CCS(=O)(=O)c1cccnc1-c1nc2cc(S(C)=O)ccc2o1. The van der Waals surface area contributed by atoms with Crippen LogP contribution in [0.5, 0.6) is 0 Å². The van der Waals surface area contributed by atoms with Gasteiger partial charge in [-0.15, -0.1) is 0 Å². The molecule has 3 aromatic rings. The van der Waals surface area contributed by atoms with Gasteiger partial charge in [0.25, 0.3) is 0 Å². The normalized spacial score (nSPS) is 13.3. The minimum atomic E-state index is -3.45. The quantitative estimate of drug-likeness (QED) is 0.718. The third-order valence-electron chi connectivity index (χ3n) is 3.38. The number of aromatic nitrogens is 2. The lowest BCUT2D eigenvalue weighted by molar-refractivity contribution is 0.592. The Labute approximate surface area is 135 Å². The number of rotatable bonds is 4. The van der Waals surface area contributed by atoms with E-state index in [9.17, 15) is 12.6 Å². The van der Waals surface area contributed by atoms with Crippen molar-refractivity contribution in [3.05, 3.63) is 36.5 Å². The fraction of sp³-hybridized carbons (Fsp3) is 0.200. The Morgan fingerprint density at radius 3 is 2.74 bits per heavy atom. The lowest BCUT2D eigenvalue weighted by Gasteiger charge is -2.04. The second-order valence-corrected chi connectivity index (χ2v) is 8.48. The van der Waals surface area contributed by atoms with E-state index in [2.05, 4.69) is 9.97 Å². The van der Waals surface area contributed by atoms with Crippen molar-refractivity contribution in [2.75, 3.05) is 12.0 Å². The highest BCUT2D eigenvalue weighted by Crippen LogP contribution is 2.29. The summed E-state index contributed by atoms with van der Waals surface area (Å²) in [5, 5.41) is 0. The van der Waals surface area contributed by atoms with Crippen molar-refractivity contribution < 1.29 is 17.0 Å². The van der Waals surface area contributed by atoms with E-state index in [0.717, 1.165) is 0 Å². The Hall–Kier alpha value is -2.06. The summed E-state index contributed by atoms with van der Waals surface area (Å²) in [6.07, 6.45) is 3.07. The molecule has 3 rings (SSSR count). The molecule has 0 saturated carbocycles. The van der Waals surface area contributed by atoms with Crippen molar-refractivity contribution in [3.63, 3.8) is 0 Å². The Morgan fingerprint density at radius 2 is 2.04 bits per heavy atom. The first-order valence-corrected chi connectivity index (χ1v) is 10.1. The highest BCUT2D eigenvalue weighted by atomic mass is 32.2. The molecule has 8 heteroatoms. The molecule has 0 saturated heterocycles. The summed E-state index contributed by atoms with van der Waals surface area (Å²) in [5.74, 6) is 0.0943. The molecule has 0 N–H and O–H groups in total. The van der Waals surface area contributed by atoms with Gasteiger partial charge in [-0.1, -0.05) is 6.92 Å². The number of hydrogen-bond acceptors (Lipinski definition) is 6. The van der Waals surface area contributed by atoms with Gasteiger partial charge in [0.1, 0.15) is 11.2 Å². The second-order valence-electron chi connectivity index (χ2n) is 4.86. The largest absolute Gasteiger partial charge is 0.435 e. The van der Waals surface area contributed by atoms with Crippen molar-refractivity contribution >= 4 is 31.7 Å². The van der Waals surface area contributed by atoms with Crippen LogP contribution in [0.15, 0.2) is 50.7 Å². The molecule has 0 aliphatic rings. The van der Waals surface area contributed by atoms with E-state index in [0.29, 0.717) is 16.0 Å². The minimum absolute atomic E-state index is 0.0368. The first-order valence-electron chi connectivity index (χ1n) is 6.84. The maximum absolute atomic E-state index is 12.2. The summed E-state index contributed by atoms with van der Waals surface area (Å²) in [7, 11) is -4.58. The van der Waals surface area contributed by atoms with Crippen LogP contribution in [0, 0.1) is 0 Å². The zero-order chi connectivity index (χ0) is 16.6. The minimum Gasteiger partial charge on any atom is -0.435 e. The Balaban J connectivity index is 2.20. The van der Waals surface area contributed by atoms with Crippen molar-refractivity contribution in [1.29, 1.82) is 0 Å². The molecule has 6 nitrogen and oxygen atoms in total. The molecule has 0 aliphatic heterocycles. The molecule has 0 radical (unpaired) electrons. The Kier molecular flexibility index (Phi) is 4.03. The summed E-state index contributed by atoms with van der Waals surface area (Å²) < 4.78 is 41.6. The van der Waals surface area contributed by atoms with E-state index in [1.165, 1.54) is 12.3 Å². The first kappa shape index (κ1) is 15.8. The van der Waals surface area contributed by atoms with E-state index in [4.69, 9.17) is 4.42 Å². The smallest absolute Gasteiger partial charge is 0.247 e. The van der Waals surface area contributed by atoms with E-state index in [1.54, 1.807) is 37.4 Å². The number of sulfone groups is 1. The van der Waals surface area contributed by atoms with E-state index >= 15 is 0 Å². The van der Waals surface area contributed by atoms with E-state index < -0.39 is 20.6 Å². The molecule has 2 heterocycles. The summed E-state index contributed by atoms with van der Waals surface area (Å²) in [6.45, 7) is 1.57. The van der Waals surface area contributed by atoms with Gasteiger partial charge >= 0.3 is 0 Å². The molecule has 1 aromatic carbocycles. The molecule has 2 aromatic heterocycles. The molecular weight excluding hydrogens is 336 g/mol. The third-order valence-corrected chi connectivity index (χ3v) is 6.06. The van der Waals surface area contributed by atoms with Crippen LogP contribution >= 0.6 is 0 Å². The monoisotopic (exact) mass is 350 g/mol. The molecule has 0 amide bonds. The van der Waals surface area contributed by atoms with Gasteiger partial charge in [0, 0.05) is 28.1 Å². The highest BCUT2D eigenvalue weighted by Gasteiger charge is 2.22. The number of hydrogen-bond donors (Lipinski definition) is 0. The van der Waals surface area contributed by atoms with E-state index in [-0.39, 0.29) is 22.2 Å². The molecule has 1 atom stereocenters. The summed E-state index contributed by atoms with van der Waals surface area (Å²) in [6, 6.07) is 8.07. The summed E-state index contributed by atoms with van der Waals surface area (Å²) in [4.78, 5) is 9.14. The van der Waals surface area contributed by atoms with Gasteiger partial charge in [-0.25, -0.2) is 18.4 Å². The van der Waals surface area contributed by atoms with Gasteiger partial charge in [0.05, 0.1) is 10.6 Å². The topological polar surface area (TPSA) is 90.1 Å². The second kappa shape index (κ2) is 5.86. The molecule has 0 bridgehead atoms. The molecule has 1 unspecified atom stereocenters. The van der Waals surface area contributed by atoms with Crippen LogP contribution in [0.2, 0.25) is 0 Å². The maximum atomic E-state index is 12.2. The van der Waals surface area contributed by atoms with Crippen LogP contribution in [0.4, 0.5) is 0 Å². The van der Waals surface area contributed by atoms with Gasteiger partial charge in [-0.2, -0.15) is 0 Å². The van der Waals surface area contributed by atoms with Gasteiger partial charge in [-0.3, -0.25) is 4.21 Å². The van der Waals surface area contributed by atoms with Gasteiger partial charge < -0.3 is 4.42 Å². The van der Waals surface area contributed by atoms with Crippen molar-refractivity contribution in [2.24, 2.45) is 0 Å². The number of fused-ring (bicyclic) bond motifs is 1. The lowest BCUT2D eigenvalue weighted by Crippen LogP contribution is -2.06. The molecule has 0 spiro atoms. The van der Waals surface area contributed by atoms with Crippen LogP contribution in [0.3, 0.4) is 0 Å². The Morgan fingerprint density at radius 1 is 1.26 bits per heavy atom. The average Bonchev–Trinajstić information content (AvgIpc) is 2.97. The highest BCUT2D eigenvalue weighted by molar-refractivity contribution is 7.91. The number of benzene rings is 1. The zero-order valence-corrected chi connectivity index (χ0v) is 14.1. The fourth-order valence-corrected chi connectivity index (χ4v) is 3.71. The van der Waals surface area contributed by atoms with Gasteiger partial charge in [-0.05, 0) is 30.3 Å². The van der Waals surface area contributed by atoms with Crippen molar-refractivity contribution in [3.8, 4) is 11.6 Å². The van der Waals surface area contributed by atoms with Crippen molar-refractivity contribution in [1.82, 2.24) is 9.97 Å². The fourth-order valence-electron chi connectivity index (χ4n) is 2.14. The van der Waals surface area contributed by atoms with Crippen molar-refractivity contribution in [2.45, 2.75) is 16.7 Å². The van der Waals surface area contributed by atoms with Gasteiger partial charge in [0.2, 0.25) is 5.89 Å². The van der Waals surface area contributed by atoms with Crippen LogP contribution in [-0.4, -0.2) is 34.6 Å². The lowest BCUT2D eigenvalue weighted by atomic mass is 10.3. The number of nitrogens with zero attached hydrogens (tertiary/aromatic N) is 2. The predicted octanol–water partition coefficient (Wildman–Crippen LogP) is 2.42. The van der Waals surface area contributed by atoms with E-state index in [1.807, 2.05) is 0 Å². The number of oxazole rings is 1. The first-order chi connectivity index (χ1) is 10.9. The number of pyridine rings is 1. The van der Waals surface area contributed by atoms with Crippen LogP contribution in [0.1, 0.15) is 6.92 Å². The molecule has 120 valence electrons. The maximum Gasteiger partial charge on any atom is 0.247 e. The molecule has 0 fully saturated rings. The standard InChI is InChI=1S/C15H14N2O4S2/c1-3-23(19,20)13-5-4-8-16-14(13)15-17-11-9-10(22(2)18)6-7-12(11)21-15/h4-9H,3H2,1-2H3. The van der Waals surface area contributed by atoms with Crippen LogP contribution in [-0.2, 0) is 20.6 Å². The molecular formula is C15H14N2O4S2. The van der Waals surface area contributed by atoms with Crippen LogP contribution < -0.4 is 0 Å². The molecule has 23 heavy (non-hydrogen) atoms. The zero-order valence-electron chi connectivity index (χ0n) is 12.5. The third kappa shape index (κ3) is 2.91. The predicted molar refractivity (Wildman–Crippen MR) is 87.3 cm³/mol. The van der Waals surface area contributed by atoms with Gasteiger partial charge in [0.15, 0.2) is 15.4 Å². The average molecular weight is 350 g/mol.